The molecule has 3 heterocycles. The molecule has 28 heavy (non-hydrogen) atoms. The number of pyridine rings is 1. The van der Waals surface area contributed by atoms with Crippen molar-refractivity contribution in [2.24, 2.45) is 5.92 Å². The fourth-order valence-corrected chi connectivity index (χ4v) is 4.06. The van der Waals surface area contributed by atoms with E-state index in [1.165, 1.54) is 6.07 Å². The van der Waals surface area contributed by atoms with E-state index in [4.69, 9.17) is 11.6 Å². The minimum absolute atomic E-state index is 0.0965. The Bertz CT molecular complexity index is 1030. The second kappa shape index (κ2) is 7.83. The lowest BCUT2D eigenvalue weighted by Crippen LogP contribution is -2.36. The fraction of sp³-hybridized carbons (Fsp3) is 0.316. The summed E-state index contributed by atoms with van der Waals surface area (Å²) >= 11 is 9.60. The van der Waals surface area contributed by atoms with Crippen LogP contribution in [0.2, 0.25) is 5.15 Å². The van der Waals surface area contributed by atoms with Crippen molar-refractivity contribution in [3.63, 3.8) is 0 Å². The lowest BCUT2D eigenvalue weighted by Gasteiger charge is -2.34. The lowest BCUT2D eigenvalue weighted by atomic mass is 9.88. The van der Waals surface area contributed by atoms with Crippen LogP contribution in [0, 0.1) is 17.6 Å². The lowest BCUT2D eigenvalue weighted by molar-refractivity contribution is 0.193. The van der Waals surface area contributed by atoms with Crippen molar-refractivity contribution in [1.29, 1.82) is 0 Å². The van der Waals surface area contributed by atoms with Crippen LogP contribution in [0.15, 0.2) is 35.1 Å². The Hall–Kier alpha value is -1.93. The van der Waals surface area contributed by atoms with Gasteiger partial charge in [-0.2, -0.15) is 0 Å². The summed E-state index contributed by atoms with van der Waals surface area (Å²) in [4.78, 5) is 15.0. The van der Waals surface area contributed by atoms with Gasteiger partial charge in [0.25, 0.3) is 0 Å². The predicted molar refractivity (Wildman–Crippen MR) is 105 cm³/mol. The Balaban J connectivity index is 1.51. The molecule has 1 saturated heterocycles. The second-order valence-corrected chi connectivity index (χ2v) is 7.90. The molecule has 0 amide bonds. The molecule has 1 aromatic carbocycles. The molecular weight excluding hydrogens is 457 g/mol. The summed E-state index contributed by atoms with van der Waals surface area (Å²) in [6.45, 7) is 1.03. The molecule has 0 saturated carbocycles. The summed E-state index contributed by atoms with van der Waals surface area (Å²) in [6, 6.07) is 4.73. The molecule has 2 aromatic heterocycles. The number of rotatable bonds is 3. The highest BCUT2D eigenvalue weighted by Crippen LogP contribution is 2.37. The Labute approximate surface area is 172 Å². The molecule has 3 aromatic rings. The number of nitrogens with zero attached hydrogens (tertiary/aromatic N) is 4. The molecule has 0 radical (unpaired) electrons. The molecule has 146 valence electrons. The highest BCUT2D eigenvalue weighted by Gasteiger charge is 2.30. The molecule has 1 atom stereocenters. The van der Waals surface area contributed by atoms with Crippen LogP contribution in [0.5, 0.6) is 0 Å². The van der Waals surface area contributed by atoms with E-state index < -0.39 is 17.8 Å². The average Bonchev–Trinajstić information content (AvgIpc) is 2.67. The highest BCUT2D eigenvalue weighted by atomic mass is 79.9. The highest BCUT2D eigenvalue weighted by molar-refractivity contribution is 9.10. The number of halogens is 5. The number of alkyl halides is 1. The smallest absolute Gasteiger partial charge is 0.172 e. The van der Waals surface area contributed by atoms with E-state index in [0.717, 1.165) is 6.07 Å². The van der Waals surface area contributed by atoms with Gasteiger partial charge in [0.2, 0.25) is 0 Å². The zero-order chi connectivity index (χ0) is 19.8. The van der Waals surface area contributed by atoms with E-state index in [-0.39, 0.29) is 16.6 Å². The van der Waals surface area contributed by atoms with Crippen molar-refractivity contribution >= 4 is 44.4 Å². The van der Waals surface area contributed by atoms with Gasteiger partial charge in [-0.05, 0) is 46.8 Å². The summed E-state index contributed by atoms with van der Waals surface area (Å²) in [6.07, 6.45) is 1.09. The van der Waals surface area contributed by atoms with Crippen molar-refractivity contribution in [2.45, 2.75) is 19.0 Å². The molecule has 1 aliphatic rings. The van der Waals surface area contributed by atoms with Crippen LogP contribution >= 0.6 is 27.5 Å². The predicted octanol–water partition coefficient (Wildman–Crippen LogP) is 5.65. The van der Waals surface area contributed by atoms with E-state index in [1.54, 1.807) is 12.3 Å². The molecule has 0 spiro atoms. The first-order valence-corrected chi connectivity index (χ1v) is 9.92. The molecule has 0 unspecified atom stereocenters. The number of benzene rings is 1. The summed E-state index contributed by atoms with van der Waals surface area (Å²) < 4.78 is 42.4. The monoisotopic (exact) mass is 470 g/mol. The Kier molecular flexibility index (Phi) is 5.42. The number of hydrogen-bond acceptors (Lipinski definition) is 4. The number of fused-ring (bicyclic) bond motifs is 1. The summed E-state index contributed by atoms with van der Waals surface area (Å²) in [5.74, 6) is -1.39. The third kappa shape index (κ3) is 3.80. The van der Waals surface area contributed by atoms with Crippen molar-refractivity contribution in [2.75, 3.05) is 18.0 Å². The van der Waals surface area contributed by atoms with Gasteiger partial charge < -0.3 is 4.90 Å². The second-order valence-electron chi connectivity index (χ2n) is 6.73. The summed E-state index contributed by atoms with van der Waals surface area (Å²) in [5.41, 5.74) is 1.14. The summed E-state index contributed by atoms with van der Waals surface area (Å²) in [7, 11) is 0. The van der Waals surface area contributed by atoms with Crippen LogP contribution in [0.4, 0.5) is 19.0 Å². The van der Waals surface area contributed by atoms with E-state index in [2.05, 4.69) is 30.9 Å². The topological polar surface area (TPSA) is 41.9 Å². The quantitative estimate of drug-likeness (QED) is 0.463. The van der Waals surface area contributed by atoms with Gasteiger partial charge in [0.05, 0.1) is 11.7 Å². The van der Waals surface area contributed by atoms with Gasteiger partial charge >= 0.3 is 0 Å². The number of piperidine rings is 1. The van der Waals surface area contributed by atoms with Crippen molar-refractivity contribution in [3.05, 3.63) is 57.4 Å². The van der Waals surface area contributed by atoms with Gasteiger partial charge in [0.1, 0.15) is 27.9 Å². The number of hydrogen-bond donors (Lipinski definition) is 0. The molecule has 4 rings (SSSR count). The molecule has 9 heteroatoms. The Morgan fingerprint density at radius 3 is 2.57 bits per heavy atom. The number of aromatic nitrogens is 3. The average molecular weight is 472 g/mol. The molecule has 0 bridgehead atoms. The van der Waals surface area contributed by atoms with Gasteiger partial charge in [-0.15, -0.1) is 0 Å². The first kappa shape index (κ1) is 19.4. The van der Waals surface area contributed by atoms with Gasteiger partial charge in [0.15, 0.2) is 11.0 Å². The third-order valence-corrected chi connectivity index (χ3v) is 5.66. The van der Waals surface area contributed by atoms with E-state index >= 15 is 0 Å². The minimum atomic E-state index is -1.48. The zero-order valence-electron chi connectivity index (χ0n) is 14.5. The van der Waals surface area contributed by atoms with Crippen LogP contribution in [0.3, 0.4) is 0 Å². The zero-order valence-corrected chi connectivity index (χ0v) is 16.9. The molecule has 4 nitrogen and oxygen atoms in total. The molecular formula is C19H15BrClF3N4. The molecule has 1 aliphatic heterocycles. The Morgan fingerprint density at radius 2 is 1.86 bits per heavy atom. The third-order valence-electron chi connectivity index (χ3n) is 4.97. The largest absolute Gasteiger partial charge is 0.354 e. The molecule has 0 N–H and O–H groups in total. The molecule has 0 aliphatic carbocycles. The van der Waals surface area contributed by atoms with Crippen LogP contribution in [0.1, 0.15) is 24.6 Å². The van der Waals surface area contributed by atoms with Crippen LogP contribution in [0.25, 0.3) is 11.0 Å². The maximum Gasteiger partial charge on any atom is 0.172 e. The van der Waals surface area contributed by atoms with Crippen LogP contribution < -0.4 is 4.90 Å². The molecule has 1 fully saturated rings. The van der Waals surface area contributed by atoms with Crippen LogP contribution in [-0.4, -0.2) is 28.0 Å². The maximum absolute atomic E-state index is 14.8. The SMILES string of the molecule is Fc1ccc([C@@H](F)C2CCN(c3nc4cc(Br)ncc4nc3Cl)CC2)c(F)c1. The van der Waals surface area contributed by atoms with Gasteiger partial charge in [0, 0.05) is 24.7 Å². The normalized spacial score (nSPS) is 16.5. The van der Waals surface area contributed by atoms with Gasteiger partial charge in [-0.25, -0.2) is 28.1 Å². The standard InChI is InChI=1S/C19H15BrClF3N4/c20-16-8-14-15(9-25-16)26-18(21)19(27-14)28-5-3-10(4-6-28)17(24)12-2-1-11(22)7-13(12)23/h1-2,7-10,17H,3-6H2/t17-/m0/s1. The Morgan fingerprint density at radius 1 is 1.11 bits per heavy atom. The summed E-state index contributed by atoms with van der Waals surface area (Å²) in [5, 5.41) is 0.261. The van der Waals surface area contributed by atoms with E-state index in [1.807, 2.05) is 4.90 Å². The van der Waals surface area contributed by atoms with Gasteiger partial charge in [-0.3, -0.25) is 0 Å². The van der Waals surface area contributed by atoms with E-state index in [0.29, 0.717) is 53.5 Å². The van der Waals surface area contributed by atoms with Crippen LogP contribution in [-0.2, 0) is 0 Å². The first-order chi connectivity index (χ1) is 13.4. The van der Waals surface area contributed by atoms with E-state index in [9.17, 15) is 13.2 Å². The minimum Gasteiger partial charge on any atom is -0.354 e. The number of anilines is 1. The van der Waals surface area contributed by atoms with Gasteiger partial charge in [-0.1, -0.05) is 17.7 Å². The van der Waals surface area contributed by atoms with Crippen molar-refractivity contribution in [1.82, 2.24) is 15.0 Å². The van der Waals surface area contributed by atoms with Crippen molar-refractivity contribution in [3.8, 4) is 0 Å². The fourth-order valence-electron chi connectivity index (χ4n) is 3.49. The first-order valence-electron chi connectivity index (χ1n) is 8.75. The van der Waals surface area contributed by atoms with Crippen molar-refractivity contribution < 1.29 is 13.2 Å². The maximum atomic E-state index is 14.8.